The Bertz CT molecular complexity index is 745. The van der Waals surface area contributed by atoms with Crippen LogP contribution in [0.4, 0.5) is 11.4 Å². The van der Waals surface area contributed by atoms with E-state index in [4.69, 9.17) is 17.3 Å². The second-order valence-corrected chi connectivity index (χ2v) is 6.82. The van der Waals surface area contributed by atoms with Gasteiger partial charge in [-0.1, -0.05) is 29.8 Å². The number of para-hydroxylation sites is 1. The van der Waals surface area contributed by atoms with E-state index in [1.165, 1.54) is 29.6 Å². The first-order valence-corrected chi connectivity index (χ1v) is 7.75. The van der Waals surface area contributed by atoms with Crippen LogP contribution in [0.2, 0.25) is 5.02 Å². The molecule has 0 saturated carbocycles. The lowest BCUT2D eigenvalue weighted by molar-refractivity contribution is 0.594. The largest absolute Gasteiger partial charge is 0.397 e. The number of benzene rings is 2. The molecule has 0 spiro atoms. The molecule has 4 nitrogen and oxygen atoms in total. The molecule has 0 fully saturated rings. The Hall–Kier alpha value is -1.72. The second-order valence-electron chi connectivity index (χ2n) is 4.44. The van der Waals surface area contributed by atoms with Gasteiger partial charge in [0.15, 0.2) is 0 Å². The highest BCUT2D eigenvalue weighted by Crippen LogP contribution is 2.28. The van der Waals surface area contributed by atoms with Gasteiger partial charge >= 0.3 is 0 Å². The highest BCUT2D eigenvalue weighted by atomic mass is 35.5. The molecule has 0 heterocycles. The Morgan fingerprint density at radius 1 is 1.15 bits per heavy atom. The van der Waals surface area contributed by atoms with Crippen LogP contribution in [0.15, 0.2) is 47.4 Å². The van der Waals surface area contributed by atoms with Gasteiger partial charge in [0.25, 0.3) is 10.0 Å². The number of nitrogen functional groups attached to an aromatic ring is 1. The monoisotopic (exact) mass is 310 g/mol. The average Bonchev–Trinajstić information content (AvgIpc) is 2.41. The van der Waals surface area contributed by atoms with Crippen LogP contribution in [0.1, 0.15) is 5.56 Å². The fourth-order valence-corrected chi connectivity index (χ4v) is 3.30. The lowest BCUT2D eigenvalue weighted by Gasteiger charge is -2.21. The molecular formula is C14H15ClN2O2S. The molecule has 2 rings (SSSR count). The number of nitrogens with two attached hydrogens (primary N) is 1. The normalized spacial score (nSPS) is 11.3. The van der Waals surface area contributed by atoms with Crippen LogP contribution < -0.4 is 10.0 Å². The summed E-state index contributed by atoms with van der Waals surface area (Å²) in [7, 11) is -2.14. The number of hydrogen-bond acceptors (Lipinski definition) is 3. The van der Waals surface area contributed by atoms with Crippen LogP contribution in [0.3, 0.4) is 0 Å². The molecule has 0 amide bonds. The molecule has 6 heteroatoms. The van der Waals surface area contributed by atoms with Gasteiger partial charge in [-0.15, -0.1) is 0 Å². The molecule has 0 unspecified atom stereocenters. The zero-order valence-corrected chi connectivity index (χ0v) is 12.7. The Balaban J connectivity index is 2.50. The maximum absolute atomic E-state index is 12.6. The summed E-state index contributed by atoms with van der Waals surface area (Å²) in [6.45, 7) is 1.86. The lowest BCUT2D eigenvalue weighted by atomic mass is 10.2. The molecule has 0 saturated heterocycles. The van der Waals surface area contributed by atoms with Crippen molar-refractivity contribution in [3.8, 4) is 0 Å². The van der Waals surface area contributed by atoms with Crippen molar-refractivity contribution in [2.24, 2.45) is 0 Å². The number of anilines is 2. The summed E-state index contributed by atoms with van der Waals surface area (Å²) in [5, 5.41) is 0.336. The van der Waals surface area contributed by atoms with E-state index in [0.29, 0.717) is 10.7 Å². The average molecular weight is 311 g/mol. The number of halogens is 1. The molecule has 2 aromatic carbocycles. The number of aryl methyl sites for hydroxylation is 1. The second kappa shape index (κ2) is 5.34. The molecule has 2 N–H and O–H groups in total. The minimum absolute atomic E-state index is 0.116. The van der Waals surface area contributed by atoms with Crippen LogP contribution in [-0.2, 0) is 10.0 Å². The van der Waals surface area contributed by atoms with E-state index in [1.807, 2.05) is 19.1 Å². The molecule has 0 aliphatic carbocycles. The predicted molar refractivity (Wildman–Crippen MR) is 82.6 cm³/mol. The molecule has 0 aliphatic rings. The summed E-state index contributed by atoms with van der Waals surface area (Å²) in [5.74, 6) is 0. The third kappa shape index (κ3) is 2.59. The van der Waals surface area contributed by atoms with E-state index in [9.17, 15) is 8.42 Å². The minimum atomic E-state index is -3.66. The first-order valence-electron chi connectivity index (χ1n) is 5.93. The van der Waals surface area contributed by atoms with Crippen molar-refractivity contribution in [2.45, 2.75) is 11.8 Å². The van der Waals surface area contributed by atoms with Crippen molar-refractivity contribution >= 4 is 33.0 Å². The first kappa shape index (κ1) is 14.7. The van der Waals surface area contributed by atoms with Gasteiger partial charge in [0.1, 0.15) is 0 Å². The first-order chi connectivity index (χ1) is 9.34. The summed E-state index contributed by atoms with van der Waals surface area (Å²) in [6, 6.07) is 11.6. The molecule has 106 valence electrons. The molecule has 0 radical (unpaired) electrons. The van der Waals surface area contributed by atoms with Gasteiger partial charge in [0.2, 0.25) is 0 Å². The van der Waals surface area contributed by atoms with Gasteiger partial charge in [0.05, 0.1) is 21.3 Å². The Labute approximate surface area is 123 Å². The number of hydrogen-bond donors (Lipinski definition) is 1. The summed E-state index contributed by atoms with van der Waals surface area (Å²) in [5.41, 5.74) is 7.41. The van der Waals surface area contributed by atoms with Gasteiger partial charge in [-0.05, 0) is 36.8 Å². The van der Waals surface area contributed by atoms with Crippen LogP contribution in [0, 0.1) is 6.92 Å². The van der Waals surface area contributed by atoms with Gasteiger partial charge < -0.3 is 5.73 Å². The summed E-state index contributed by atoms with van der Waals surface area (Å²) >= 11 is 5.82. The van der Waals surface area contributed by atoms with Crippen molar-refractivity contribution in [2.75, 3.05) is 17.1 Å². The highest BCUT2D eigenvalue weighted by Gasteiger charge is 2.22. The van der Waals surface area contributed by atoms with Crippen LogP contribution in [0.25, 0.3) is 0 Å². The number of nitrogens with zero attached hydrogens (tertiary/aromatic N) is 1. The van der Waals surface area contributed by atoms with Gasteiger partial charge in [-0.3, -0.25) is 4.31 Å². The van der Waals surface area contributed by atoms with E-state index in [2.05, 4.69) is 0 Å². The maximum atomic E-state index is 12.6. The van der Waals surface area contributed by atoms with Crippen LogP contribution in [0.5, 0.6) is 0 Å². The lowest BCUT2D eigenvalue weighted by Crippen LogP contribution is -2.27. The fourth-order valence-electron chi connectivity index (χ4n) is 1.89. The predicted octanol–water partition coefficient (Wildman–Crippen LogP) is 3.06. The van der Waals surface area contributed by atoms with Gasteiger partial charge in [-0.2, -0.15) is 0 Å². The smallest absolute Gasteiger partial charge is 0.264 e. The molecule has 20 heavy (non-hydrogen) atoms. The molecule has 0 aliphatic heterocycles. The zero-order valence-electron chi connectivity index (χ0n) is 11.2. The zero-order chi connectivity index (χ0) is 14.9. The summed E-state index contributed by atoms with van der Waals surface area (Å²) < 4.78 is 26.4. The minimum Gasteiger partial charge on any atom is -0.397 e. The molecule has 0 aromatic heterocycles. The topological polar surface area (TPSA) is 63.4 Å². The molecule has 0 atom stereocenters. The Morgan fingerprint density at radius 3 is 2.40 bits per heavy atom. The number of sulfonamides is 1. The third-order valence-electron chi connectivity index (χ3n) is 3.08. The number of rotatable bonds is 3. The van der Waals surface area contributed by atoms with Crippen molar-refractivity contribution in [3.05, 3.63) is 53.1 Å². The molecular weight excluding hydrogens is 296 g/mol. The SMILES string of the molecule is Cc1ccccc1N(C)S(=O)(=O)c1ccc(Cl)c(N)c1. The van der Waals surface area contributed by atoms with Crippen molar-refractivity contribution < 1.29 is 8.42 Å². The standard InChI is InChI=1S/C14H15ClN2O2S/c1-10-5-3-4-6-14(10)17(2)20(18,19)11-7-8-12(15)13(16)9-11/h3-9H,16H2,1-2H3. The Morgan fingerprint density at radius 2 is 1.80 bits per heavy atom. The molecule has 0 bridgehead atoms. The van der Waals surface area contributed by atoms with Crippen LogP contribution in [-0.4, -0.2) is 15.5 Å². The van der Waals surface area contributed by atoms with Gasteiger partial charge in [-0.25, -0.2) is 8.42 Å². The highest BCUT2D eigenvalue weighted by molar-refractivity contribution is 7.92. The van der Waals surface area contributed by atoms with E-state index in [1.54, 1.807) is 12.1 Å². The van der Waals surface area contributed by atoms with Crippen molar-refractivity contribution in [3.63, 3.8) is 0 Å². The summed E-state index contributed by atoms with van der Waals surface area (Å²) in [6.07, 6.45) is 0. The molecule has 2 aromatic rings. The van der Waals surface area contributed by atoms with E-state index in [0.717, 1.165) is 5.56 Å². The van der Waals surface area contributed by atoms with E-state index in [-0.39, 0.29) is 10.6 Å². The Kier molecular flexibility index (Phi) is 3.92. The fraction of sp³-hybridized carbons (Fsp3) is 0.143. The van der Waals surface area contributed by atoms with Crippen molar-refractivity contribution in [1.82, 2.24) is 0 Å². The van der Waals surface area contributed by atoms with E-state index < -0.39 is 10.0 Å². The summed E-state index contributed by atoms with van der Waals surface area (Å²) in [4.78, 5) is 0.116. The van der Waals surface area contributed by atoms with Gasteiger partial charge in [0, 0.05) is 7.05 Å². The van der Waals surface area contributed by atoms with Crippen LogP contribution >= 0.6 is 11.6 Å². The third-order valence-corrected chi connectivity index (χ3v) is 5.19. The quantitative estimate of drug-likeness (QED) is 0.886. The van der Waals surface area contributed by atoms with Crippen molar-refractivity contribution in [1.29, 1.82) is 0 Å². The maximum Gasteiger partial charge on any atom is 0.264 e. The van der Waals surface area contributed by atoms with E-state index >= 15 is 0 Å².